The Balaban J connectivity index is 2.77. The predicted molar refractivity (Wildman–Crippen MR) is 69.4 cm³/mol. The summed E-state index contributed by atoms with van der Waals surface area (Å²) in [5, 5.41) is 11.8. The largest absolute Gasteiger partial charge is 0.394 e. The van der Waals surface area contributed by atoms with Crippen LogP contribution in [0.4, 0.5) is 4.39 Å². The Kier molecular flexibility index (Phi) is 4.62. The fourth-order valence-corrected chi connectivity index (χ4v) is 1.32. The summed E-state index contributed by atoms with van der Waals surface area (Å²) in [7, 11) is 0. The standard InChI is InChI=1S/C14H18FNO2/c1-10(13(18)16-14(2,3)9-17)8-11-4-6-12(15)7-5-11/h4-8,17H,9H2,1-3H3,(H,16,18)/b10-8-. The minimum absolute atomic E-state index is 0.136. The number of halogens is 1. The van der Waals surface area contributed by atoms with E-state index in [0.29, 0.717) is 5.57 Å². The number of aliphatic hydroxyl groups excluding tert-OH is 1. The lowest BCUT2D eigenvalue weighted by Gasteiger charge is -2.23. The smallest absolute Gasteiger partial charge is 0.247 e. The number of carbonyl (C=O) groups excluding carboxylic acids is 1. The zero-order chi connectivity index (χ0) is 13.8. The molecule has 1 amide bonds. The fourth-order valence-electron chi connectivity index (χ4n) is 1.32. The van der Waals surface area contributed by atoms with Crippen molar-refractivity contribution in [1.82, 2.24) is 5.32 Å². The van der Waals surface area contributed by atoms with Crippen molar-refractivity contribution in [3.8, 4) is 0 Å². The third-order valence-electron chi connectivity index (χ3n) is 2.46. The van der Waals surface area contributed by atoms with E-state index in [9.17, 15) is 9.18 Å². The van der Waals surface area contributed by atoms with E-state index in [1.165, 1.54) is 12.1 Å². The van der Waals surface area contributed by atoms with Crippen molar-refractivity contribution in [2.45, 2.75) is 26.3 Å². The summed E-state index contributed by atoms with van der Waals surface area (Å²) >= 11 is 0. The number of rotatable bonds is 4. The lowest BCUT2D eigenvalue weighted by molar-refractivity contribution is -0.119. The van der Waals surface area contributed by atoms with E-state index in [2.05, 4.69) is 5.32 Å². The van der Waals surface area contributed by atoms with E-state index in [1.54, 1.807) is 39.0 Å². The maximum atomic E-state index is 12.7. The summed E-state index contributed by atoms with van der Waals surface area (Å²) < 4.78 is 12.7. The zero-order valence-electron chi connectivity index (χ0n) is 10.8. The molecule has 1 rings (SSSR count). The number of amides is 1. The van der Waals surface area contributed by atoms with Crippen LogP contribution in [0.3, 0.4) is 0 Å². The van der Waals surface area contributed by atoms with E-state index in [4.69, 9.17) is 5.11 Å². The van der Waals surface area contributed by atoms with Crippen LogP contribution in [-0.4, -0.2) is 23.2 Å². The molecule has 0 aromatic heterocycles. The van der Waals surface area contributed by atoms with E-state index in [-0.39, 0.29) is 18.3 Å². The van der Waals surface area contributed by atoms with Crippen molar-refractivity contribution < 1.29 is 14.3 Å². The molecule has 4 heteroatoms. The molecule has 0 fully saturated rings. The van der Waals surface area contributed by atoms with E-state index >= 15 is 0 Å². The van der Waals surface area contributed by atoms with E-state index in [0.717, 1.165) is 5.56 Å². The van der Waals surface area contributed by atoms with Crippen molar-refractivity contribution in [3.63, 3.8) is 0 Å². The summed E-state index contributed by atoms with van der Waals surface area (Å²) in [6.07, 6.45) is 1.67. The van der Waals surface area contributed by atoms with Gasteiger partial charge in [0.2, 0.25) is 5.91 Å². The van der Waals surface area contributed by atoms with Crippen molar-refractivity contribution >= 4 is 12.0 Å². The Morgan fingerprint density at radius 3 is 2.44 bits per heavy atom. The molecule has 1 aromatic carbocycles. The van der Waals surface area contributed by atoms with Gasteiger partial charge >= 0.3 is 0 Å². The molecule has 0 saturated carbocycles. The molecule has 18 heavy (non-hydrogen) atoms. The highest BCUT2D eigenvalue weighted by Gasteiger charge is 2.19. The highest BCUT2D eigenvalue weighted by molar-refractivity contribution is 5.97. The number of hydrogen-bond donors (Lipinski definition) is 2. The van der Waals surface area contributed by atoms with E-state index < -0.39 is 5.54 Å². The van der Waals surface area contributed by atoms with Crippen LogP contribution in [0, 0.1) is 5.82 Å². The molecule has 2 N–H and O–H groups in total. The molecule has 0 saturated heterocycles. The van der Waals surface area contributed by atoms with Crippen molar-refractivity contribution in [2.75, 3.05) is 6.61 Å². The molecule has 0 aliphatic carbocycles. The van der Waals surface area contributed by atoms with Gasteiger partial charge in [-0.15, -0.1) is 0 Å². The van der Waals surface area contributed by atoms with Crippen LogP contribution < -0.4 is 5.32 Å². The zero-order valence-corrected chi connectivity index (χ0v) is 10.8. The SMILES string of the molecule is C/C(=C/c1ccc(F)cc1)C(=O)NC(C)(C)CO. The van der Waals surface area contributed by atoms with Gasteiger partial charge in [0.05, 0.1) is 12.1 Å². The van der Waals surface area contributed by atoms with Gasteiger partial charge in [-0.2, -0.15) is 0 Å². The van der Waals surface area contributed by atoms with Crippen LogP contribution in [0.5, 0.6) is 0 Å². The minimum atomic E-state index is -0.658. The normalized spacial score (nSPS) is 12.4. The first kappa shape index (κ1) is 14.4. The maximum Gasteiger partial charge on any atom is 0.247 e. The topological polar surface area (TPSA) is 49.3 Å². The number of benzene rings is 1. The number of nitrogens with one attached hydrogen (secondary N) is 1. The van der Waals surface area contributed by atoms with Gasteiger partial charge in [-0.05, 0) is 44.5 Å². The number of aliphatic hydroxyl groups is 1. The van der Waals surface area contributed by atoms with Gasteiger partial charge in [-0.3, -0.25) is 4.79 Å². The first-order valence-corrected chi connectivity index (χ1v) is 5.71. The summed E-state index contributed by atoms with van der Waals surface area (Å²) in [6, 6.07) is 5.88. The van der Waals surface area contributed by atoms with Crippen LogP contribution in [0.1, 0.15) is 26.3 Å². The molecule has 1 aromatic rings. The van der Waals surface area contributed by atoms with Crippen molar-refractivity contribution in [2.24, 2.45) is 0 Å². The van der Waals surface area contributed by atoms with E-state index in [1.807, 2.05) is 0 Å². The van der Waals surface area contributed by atoms with Gasteiger partial charge in [0, 0.05) is 5.57 Å². The Hall–Kier alpha value is -1.68. The van der Waals surface area contributed by atoms with Crippen LogP contribution in [0.2, 0.25) is 0 Å². The van der Waals surface area contributed by atoms with Gasteiger partial charge < -0.3 is 10.4 Å². The lowest BCUT2D eigenvalue weighted by atomic mass is 10.1. The van der Waals surface area contributed by atoms with Crippen LogP contribution in [0.15, 0.2) is 29.8 Å². The molecule has 0 aliphatic rings. The second-order valence-electron chi connectivity index (χ2n) is 4.88. The van der Waals surface area contributed by atoms with Crippen LogP contribution in [-0.2, 0) is 4.79 Å². The molecular formula is C14H18FNO2. The maximum absolute atomic E-state index is 12.7. The van der Waals surface area contributed by atoms with Crippen LogP contribution in [0.25, 0.3) is 6.08 Å². The summed E-state index contributed by atoms with van der Waals surface area (Å²) in [6.45, 7) is 5.00. The molecular weight excluding hydrogens is 233 g/mol. The molecule has 0 bridgehead atoms. The van der Waals surface area contributed by atoms with Gasteiger partial charge in [0.25, 0.3) is 0 Å². The highest BCUT2D eigenvalue weighted by Crippen LogP contribution is 2.09. The second-order valence-corrected chi connectivity index (χ2v) is 4.88. The molecule has 3 nitrogen and oxygen atoms in total. The second kappa shape index (κ2) is 5.78. The fraction of sp³-hybridized carbons (Fsp3) is 0.357. The molecule has 0 radical (unpaired) electrons. The Bertz CT molecular complexity index is 449. The average molecular weight is 251 g/mol. The van der Waals surface area contributed by atoms with Gasteiger partial charge in [-0.1, -0.05) is 12.1 Å². The molecule has 0 atom stereocenters. The van der Waals surface area contributed by atoms with Gasteiger partial charge in [-0.25, -0.2) is 4.39 Å². The minimum Gasteiger partial charge on any atom is -0.394 e. The summed E-state index contributed by atoms with van der Waals surface area (Å²) in [5.41, 5.74) is 0.601. The van der Waals surface area contributed by atoms with Crippen LogP contribution >= 0.6 is 0 Å². The number of hydrogen-bond acceptors (Lipinski definition) is 2. The first-order chi connectivity index (χ1) is 8.34. The summed E-state index contributed by atoms with van der Waals surface area (Å²) in [4.78, 5) is 11.8. The monoisotopic (exact) mass is 251 g/mol. The third-order valence-corrected chi connectivity index (χ3v) is 2.46. The molecule has 0 unspecified atom stereocenters. The molecule has 0 aliphatic heterocycles. The molecule has 0 heterocycles. The highest BCUT2D eigenvalue weighted by atomic mass is 19.1. The Labute approximate surface area is 106 Å². The average Bonchev–Trinajstić information content (AvgIpc) is 2.31. The lowest BCUT2D eigenvalue weighted by Crippen LogP contribution is -2.46. The summed E-state index contributed by atoms with van der Waals surface area (Å²) in [5.74, 6) is -0.561. The van der Waals surface area contributed by atoms with Crippen molar-refractivity contribution in [1.29, 1.82) is 0 Å². The Morgan fingerprint density at radius 1 is 1.39 bits per heavy atom. The number of carbonyl (C=O) groups is 1. The Morgan fingerprint density at radius 2 is 1.94 bits per heavy atom. The first-order valence-electron chi connectivity index (χ1n) is 5.71. The predicted octanol–water partition coefficient (Wildman–Crippen LogP) is 2.12. The van der Waals surface area contributed by atoms with Gasteiger partial charge in [0.1, 0.15) is 5.82 Å². The van der Waals surface area contributed by atoms with Gasteiger partial charge in [0.15, 0.2) is 0 Å². The quantitative estimate of drug-likeness (QED) is 0.805. The molecule has 98 valence electrons. The third kappa shape index (κ3) is 4.30. The molecule has 0 spiro atoms. The van der Waals surface area contributed by atoms with Crippen molar-refractivity contribution in [3.05, 3.63) is 41.2 Å².